The van der Waals surface area contributed by atoms with Crippen LogP contribution in [0.5, 0.6) is 0 Å². The molecule has 0 radical (unpaired) electrons. The normalized spacial score (nSPS) is 21.2. The molecule has 2 aromatic rings. The molecule has 3 rings (SSSR count). The van der Waals surface area contributed by atoms with Crippen LogP contribution < -0.4 is 10.6 Å². The van der Waals surface area contributed by atoms with Gasteiger partial charge in [-0.05, 0) is 36.2 Å². The summed E-state index contributed by atoms with van der Waals surface area (Å²) in [6.07, 6.45) is -0.522. The number of aromatic carboxylic acids is 1. The van der Waals surface area contributed by atoms with Crippen LogP contribution in [0.25, 0.3) is 0 Å². The van der Waals surface area contributed by atoms with Crippen molar-refractivity contribution >= 4 is 17.7 Å². The van der Waals surface area contributed by atoms with E-state index in [2.05, 4.69) is 10.6 Å². The Labute approximate surface area is 152 Å². The summed E-state index contributed by atoms with van der Waals surface area (Å²) in [5, 5.41) is 15.5. The zero-order valence-corrected chi connectivity index (χ0v) is 14.7. The minimum atomic E-state index is -0.996. The lowest BCUT2D eigenvalue weighted by Gasteiger charge is -2.37. The highest BCUT2D eigenvalue weighted by molar-refractivity contribution is 5.89. The minimum absolute atomic E-state index is 0.0656. The van der Waals surface area contributed by atoms with Crippen LogP contribution in [0, 0.1) is 5.92 Å². The number of carboxylic acids is 1. The van der Waals surface area contributed by atoms with Crippen molar-refractivity contribution < 1.29 is 19.4 Å². The molecule has 0 spiro atoms. The molecule has 26 heavy (non-hydrogen) atoms. The average Bonchev–Trinajstić information content (AvgIpc) is 2.64. The minimum Gasteiger partial charge on any atom is -0.478 e. The molecule has 0 bridgehead atoms. The van der Waals surface area contributed by atoms with Gasteiger partial charge in [-0.3, -0.25) is 0 Å². The summed E-state index contributed by atoms with van der Waals surface area (Å²) in [6.45, 7) is 4.22. The SMILES string of the molecule is CC1Nc2ccc(C(=O)O)cc2C(NC(=O)OCc2ccccc2)C1C. The van der Waals surface area contributed by atoms with E-state index in [-0.39, 0.29) is 30.2 Å². The van der Waals surface area contributed by atoms with E-state index in [1.54, 1.807) is 18.2 Å². The van der Waals surface area contributed by atoms with E-state index < -0.39 is 12.1 Å². The zero-order valence-electron chi connectivity index (χ0n) is 14.7. The van der Waals surface area contributed by atoms with Gasteiger partial charge in [-0.2, -0.15) is 0 Å². The van der Waals surface area contributed by atoms with E-state index in [4.69, 9.17) is 4.74 Å². The highest BCUT2D eigenvalue weighted by atomic mass is 16.5. The summed E-state index contributed by atoms with van der Waals surface area (Å²) >= 11 is 0. The van der Waals surface area contributed by atoms with Gasteiger partial charge in [0.05, 0.1) is 11.6 Å². The molecule has 0 saturated carbocycles. The number of fused-ring (bicyclic) bond motifs is 1. The second-order valence-corrected chi connectivity index (χ2v) is 6.58. The second-order valence-electron chi connectivity index (χ2n) is 6.58. The summed E-state index contributed by atoms with van der Waals surface area (Å²) in [4.78, 5) is 23.6. The molecular weight excluding hydrogens is 332 g/mol. The van der Waals surface area contributed by atoms with Gasteiger partial charge in [0, 0.05) is 17.6 Å². The predicted molar refractivity (Wildman–Crippen MR) is 98.2 cm³/mol. The van der Waals surface area contributed by atoms with Gasteiger partial charge in [0.1, 0.15) is 6.61 Å². The first-order valence-corrected chi connectivity index (χ1v) is 8.56. The van der Waals surface area contributed by atoms with Crippen molar-refractivity contribution in [3.63, 3.8) is 0 Å². The predicted octanol–water partition coefficient (Wildman–Crippen LogP) is 3.80. The Kier molecular flexibility index (Phi) is 5.11. The molecule has 3 N–H and O–H groups in total. The Hall–Kier alpha value is -3.02. The highest BCUT2D eigenvalue weighted by Crippen LogP contribution is 2.37. The Balaban J connectivity index is 1.76. The number of carboxylic acid groups (broad SMARTS) is 1. The van der Waals surface area contributed by atoms with E-state index in [1.165, 1.54) is 0 Å². The van der Waals surface area contributed by atoms with Crippen molar-refractivity contribution in [3.8, 4) is 0 Å². The van der Waals surface area contributed by atoms with Crippen LogP contribution in [-0.4, -0.2) is 23.2 Å². The van der Waals surface area contributed by atoms with E-state index in [9.17, 15) is 14.7 Å². The summed E-state index contributed by atoms with van der Waals surface area (Å²) < 4.78 is 5.32. The topological polar surface area (TPSA) is 87.7 Å². The van der Waals surface area contributed by atoms with E-state index in [0.717, 1.165) is 16.8 Å². The standard InChI is InChI=1S/C20H22N2O4/c1-12-13(2)21-17-9-8-15(19(23)24)10-16(17)18(12)22-20(25)26-11-14-6-4-3-5-7-14/h3-10,12-13,18,21H,11H2,1-2H3,(H,22,25)(H,23,24). The molecular formula is C20H22N2O4. The Morgan fingerprint density at radius 1 is 1.15 bits per heavy atom. The first-order valence-electron chi connectivity index (χ1n) is 8.56. The van der Waals surface area contributed by atoms with Crippen LogP contribution in [0.3, 0.4) is 0 Å². The van der Waals surface area contributed by atoms with Crippen molar-refractivity contribution in [2.75, 3.05) is 5.32 Å². The summed E-state index contributed by atoms with van der Waals surface area (Å²) in [6, 6.07) is 14.1. The van der Waals surface area contributed by atoms with Gasteiger partial charge < -0.3 is 20.5 Å². The molecule has 1 amide bonds. The Morgan fingerprint density at radius 3 is 2.58 bits per heavy atom. The van der Waals surface area contributed by atoms with E-state index in [1.807, 2.05) is 44.2 Å². The number of hydrogen-bond acceptors (Lipinski definition) is 4. The van der Waals surface area contributed by atoms with Gasteiger partial charge in [-0.25, -0.2) is 9.59 Å². The molecule has 1 aliphatic rings. The molecule has 6 nitrogen and oxygen atoms in total. The van der Waals surface area contributed by atoms with Crippen molar-refractivity contribution in [2.45, 2.75) is 32.5 Å². The largest absolute Gasteiger partial charge is 0.478 e. The number of amides is 1. The molecule has 0 saturated heterocycles. The molecule has 3 unspecified atom stereocenters. The lowest BCUT2D eigenvalue weighted by molar-refractivity contribution is 0.0696. The maximum Gasteiger partial charge on any atom is 0.407 e. The van der Waals surface area contributed by atoms with Gasteiger partial charge in [-0.15, -0.1) is 0 Å². The number of nitrogens with one attached hydrogen (secondary N) is 2. The number of ether oxygens (including phenoxy) is 1. The molecule has 2 aromatic carbocycles. The molecule has 0 fully saturated rings. The quantitative estimate of drug-likeness (QED) is 0.777. The summed E-state index contributed by atoms with van der Waals surface area (Å²) in [5.41, 5.74) is 2.68. The average molecular weight is 354 g/mol. The molecule has 1 heterocycles. The number of benzene rings is 2. The van der Waals surface area contributed by atoms with Crippen LogP contribution >= 0.6 is 0 Å². The maximum absolute atomic E-state index is 12.3. The lowest BCUT2D eigenvalue weighted by Crippen LogP contribution is -2.42. The van der Waals surface area contributed by atoms with Crippen molar-refractivity contribution in [1.82, 2.24) is 5.32 Å². The molecule has 0 aromatic heterocycles. The number of hydrogen-bond donors (Lipinski definition) is 3. The number of carbonyl (C=O) groups excluding carboxylic acids is 1. The van der Waals surface area contributed by atoms with Gasteiger partial charge in [-0.1, -0.05) is 37.3 Å². The molecule has 6 heteroatoms. The van der Waals surface area contributed by atoms with Gasteiger partial charge in [0.15, 0.2) is 0 Å². The highest BCUT2D eigenvalue weighted by Gasteiger charge is 2.33. The number of carbonyl (C=O) groups is 2. The van der Waals surface area contributed by atoms with E-state index >= 15 is 0 Å². The van der Waals surface area contributed by atoms with Crippen molar-refractivity contribution in [2.24, 2.45) is 5.92 Å². The maximum atomic E-state index is 12.3. The van der Waals surface area contributed by atoms with Crippen LogP contribution in [-0.2, 0) is 11.3 Å². The monoisotopic (exact) mass is 354 g/mol. The van der Waals surface area contributed by atoms with Crippen LogP contribution in [0.2, 0.25) is 0 Å². The van der Waals surface area contributed by atoms with Crippen molar-refractivity contribution in [3.05, 3.63) is 65.2 Å². The number of alkyl carbamates (subject to hydrolysis) is 1. The third-order valence-electron chi connectivity index (χ3n) is 4.82. The lowest BCUT2D eigenvalue weighted by atomic mass is 9.84. The third kappa shape index (κ3) is 3.79. The van der Waals surface area contributed by atoms with Crippen LogP contribution in [0.4, 0.5) is 10.5 Å². The summed E-state index contributed by atoms with van der Waals surface area (Å²) in [7, 11) is 0. The fourth-order valence-electron chi connectivity index (χ4n) is 3.13. The first-order chi connectivity index (χ1) is 12.5. The Bertz CT molecular complexity index is 807. The molecule has 3 atom stereocenters. The molecule has 0 aliphatic carbocycles. The fourth-order valence-corrected chi connectivity index (χ4v) is 3.13. The molecule has 1 aliphatic heterocycles. The smallest absolute Gasteiger partial charge is 0.407 e. The number of rotatable bonds is 4. The third-order valence-corrected chi connectivity index (χ3v) is 4.82. The Morgan fingerprint density at radius 2 is 1.88 bits per heavy atom. The van der Waals surface area contributed by atoms with E-state index in [0.29, 0.717) is 0 Å². The zero-order chi connectivity index (χ0) is 18.7. The van der Waals surface area contributed by atoms with Crippen molar-refractivity contribution in [1.29, 1.82) is 0 Å². The van der Waals surface area contributed by atoms with Gasteiger partial charge >= 0.3 is 12.1 Å². The number of anilines is 1. The summed E-state index contributed by atoms with van der Waals surface area (Å²) in [5.74, 6) is -0.930. The molecule has 136 valence electrons. The van der Waals surface area contributed by atoms with Crippen LogP contribution in [0.15, 0.2) is 48.5 Å². The first kappa shape index (κ1) is 17.8. The van der Waals surface area contributed by atoms with Gasteiger partial charge in [0.2, 0.25) is 0 Å². The van der Waals surface area contributed by atoms with Gasteiger partial charge in [0.25, 0.3) is 0 Å². The fraction of sp³-hybridized carbons (Fsp3) is 0.300. The second kappa shape index (κ2) is 7.47. The van der Waals surface area contributed by atoms with Crippen LogP contribution in [0.1, 0.15) is 41.4 Å².